The van der Waals surface area contributed by atoms with Crippen molar-refractivity contribution < 1.29 is 0 Å². The maximum Gasteiger partial charge on any atom is 0.0706 e. The molecule has 1 heterocycles. The van der Waals surface area contributed by atoms with E-state index in [1.807, 2.05) is 29.1 Å². The zero-order valence-corrected chi connectivity index (χ0v) is 8.57. The van der Waals surface area contributed by atoms with Crippen LogP contribution in [0.5, 0.6) is 0 Å². The number of anilines is 1. The Bertz CT molecular complexity index is 445. The predicted molar refractivity (Wildman–Crippen MR) is 59.1 cm³/mol. The molecule has 2 rings (SSSR count). The van der Waals surface area contributed by atoms with E-state index in [0.717, 1.165) is 23.0 Å². The molecule has 1 aromatic heterocycles. The number of benzene rings is 1. The van der Waals surface area contributed by atoms with Crippen molar-refractivity contribution in [2.45, 2.75) is 26.3 Å². The molecule has 3 nitrogen and oxygen atoms in total. The topological polar surface area (TPSA) is 43.8 Å². The monoisotopic (exact) mass is 189 g/mol. The number of rotatable bonds is 2. The van der Waals surface area contributed by atoms with Gasteiger partial charge in [0.25, 0.3) is 0 Å². The van der Waals surface area contributed by atoms with Crippen molar-refractivity contribution in [3.63, 3.8) is 0 Å². The Morgan fingerprint density at radius 2 is 2.29 bits per heavy atom. The van der Waals surface area contributed by atoms with Crippen molar-refractivity contribution in [3.05, 3.63) is 24.4 Å². The third kappa shape index (κ3) is 1.35. The van der Waals surface area contributed by atoms with Gasteiger partial charge in [-0.15, -0.1) is 0 Å². The molecule has 1 aromatic carbocycles. The maximum absolute atomic E-state index is 5.75. The number of fused-ring (bicyclic) bond motifs is 1. The summed E-state index contributed by atoms with van der Waals surface area (Å²) in [6.45, 7) is 4.32. The molecule has 0 aliphatic carbocycles. The van der Waals surface area contributed by atoms with Crippen LogP contribution in [-0.2, 0) is 0 Å². The summed E-state index contributed by atoms with van der Waals surface area (Å²) in [4.78, 5) is 0. The van der Waals surface area contributed by atoms with E-state index in [9.17, 15) is 0 Å². The van der Waals surface area contributed by atoms with Gasteiger partial charge >= 0.3 is 0 Å². The van der Waals surface area contributed by atoms with Gasteiger partial charge in [0.2, 0.25) is 0 Å². The van der Waals surface area contributed by atoms with E-state index < -0.39 is 0 Å². The maximum atomic E-state index is 5.75. The van der Waals surface area contributed by atoms with Crippen molar-refractivity contribution >= 4 is 16.6 Å². The van der Waals surface area contributed by atoms with Gasteiger partial charge in [-0.25, -0.2) is 0 Å². The van der Waals surface area contributed by atoms with Crippen LogP contribution in [0.15, 0.2) is 24.4 Å². The van der Waals surface area contributed by atoms with Gasteiger partial charge < -0.3 is 5.73 Å². The third-order valence-corrected chi connectivity index (χ3v) is 2.63. The van der Waals surface area contributed by atoms with Crippen molar-refractivity contribution in [1.82, 2.24) is 9.78 Å². The number of aromatic nitrogens is 2. The quantitative estimate of drug-likeness (QED) is 0.738. The molecule has 0 bridgehead atoms. The van der Waals surface area contributed by atoms with Gasteiger partial charge in [0, 0.05) is 17.1 Å². The van der Waals surface area contributed by atoms with Gasteiger partial charge in [-0.05, 0) is 31.5 Å². The van der Waals surface area contributed by atoms with Crippen molar-refractivity contribution in [2.75, 3.05) is 5.73 Å². The standard InChI is InChI=1S/C11H15N3/c1-3-8(2)14-11-6-10(12)5-4-9(11)7-13-14/h4-8H,3,12H2,1-2H3/t8-/m1/s1. The normalized spacial score (nSPS) is 13.3. The second-order valence-electron chi connectivity index (χ2n) is 3.66. The molecule has 0 aliphatic rings. The third-order valence-electron chi connectivity index (χ3n) is 2.63. The first-order valence-corrected chi connectivity index (χ1v) is 4.95. The van der Waals surface area contributed by atoms with E-state index in [0.29, 0.717) is 6.04 Å². The Balaban J connectivity index is 2.61. The van der Waals surface area contributed by atoms with Crippen molar-refractivity contribution in [3.8, 4) is 0 Å². The minimum absolute atomic E-state index is 0.425. The minimum atomic E-state index is 0.425. The first kappa shape index (κ1) is 9.06. The van der Waals surface area contributed by atoms with Crippen LogP contribution in [0, 0.1) is 0 Å². The van der Waals surface area contributed by atoms with Gasteiger partial charge in [-0.2, -0.15) is 5.10 Å². The molecule has 0 unspecified atom stereocenters. The highest BCUT2D eigenvalue weighted by atomic mass is 15.3. The van der Waals surface area contributed by atoms with E-state index in [2.05, 4.69) is 18.9 Å². The molecule has 0 spiro atoms. The van der Waals surface area contributed by atoms with Crippen molar-refractivity contribution in [1.29, 1.82) is 0 Å². The highest BCUT2D eigenvalue weighted by Gasteiger charge is 2.07. The lowest BCUT2D eigenvalue weighted by molar-refractivity contribution is 0.493. The zero-order chi connectivity index (χ0) is 10.1. The Labute approximate surface area is 83.5 Å². The summed E-state index contributed by atoms with van der Waals surface area (Å²) in [5, 5.41) is 5.52. The molecule has 0 aliphatic heterocycles. The van der Waals surface area contributed by atoms with Gasteiger partial charge in [0.05, 0.1) is 11.7 Å². The Morgan fingerprint density at radius 1 is 1.50 bits per heavy atom. The molecule has 1 atom stereocenters. The Kier molecular flexibility index (Phi) is 2.15. The van der Waals surface area contributed by atoms with Crippen LogP contribution in [0.25, 0.3) is 10.9 Å². The SMILES string of the molecule is CC[C@@H](C)n1ncc2ccc(N)cc21. The summed E-state index contributed by atoms with van der Waals surface area (Å²) in [5.41, 5.74) is 7.67. The van der Waals surface area contributed by atoms with Gasteiger partial charge in [-0.1, -0.05) is 6.92 Å². The summed E-state index contributed by atoms with van der Waals surface area (Å²) < 4.78 is 2.03. The highest BCUT2D eigenvalue weighted by Crippen LogP contribution is 2.21. The predicted octanol–water partition coefficient (Wildman–Crippen LogP) is 2.59. The Morgan fingerprint density at radius 3 is 3.00 bits per heavy atom. The number of hydrogen-bond donors (Lipinski definition) is 1. The average molecular weight is 189 g/mol. The lowest BCUT2D eigenvalue weighted by Gasteiger charge is -2.10. The van der Waals surface area contributed by atoms with Crippen LogP contribution in [0.1, 0.15) is 26.3 Å². The molecular weight excluding hydrogens is 174 g/mol. The fourth-order valence-corrected chi connectivity index (χ4v) is 1.58. The van der Waals surface area contributed by atoms with Crippen LogP contribution in [-0.4, -0.2) is 9.78 Å². The molecule has 0 saturated carbocycles. The smallest absolute Gasteiger partial charge is 0.0706 e. The van der Waals surface area contributed by atoms with E-state index in [-0.39, 0.29) is 0 Å². The minimum Gasteiger partial charge on any atom is -0.399 e. The van der Waals surface area contributed by atoms with E-state index in [1.165, 1.54) is 0 Å². The zero-order valence-electron chi connectivity index (χ0n) is 8.57. The lowest BCUT2D eigenvalue weighted by atomic mass is 10.2. The summed E-state index contributed by atoms with van der Waals surface area (Å²) in [7, 11) is 0. The molecule has 2 N–H and O–H groups in total. The number of hydrogen-bond acceptors (Lipinski definition) is 2. The van der Waals surface area contributed by atoms with E-state index >= 15 is 0 Å². The molecule has 0 saturated heterocycles. The molecule has 14 heavy (non-hydrogen) atoms. The molecule has 3 heteroatoms. The van der Waals surface area contributed by atoms with E-state index in [4.69, 9.17) is 5.73 Å². The number of nitrogens with two attached hydrogens (primary N) is 1. The molecule has 0 radical (unpaired) electrons. The molecular formula is C11H15N3. The first-order valence-electron chi connectivity index (χ1n) is 4.95. The average Bonchev–Trinajstić information content (AvgIpc) is 2.59. The molecule has 0 fully saturated rings. The van der Waals surface area contributed by atoms with Crippen LogP contribution in [0.4, 0.5) is 5.69 Å². The van der Waals surface area contributed by atoms with E-state index in [1.54, 1.807) is 0 Å². The molecule has 74 valence electrons. The number of nitrogen functional groups attached to an aromatic ring is 1. The Hall–Kier alpha value is -1.51. The first-order chi connectivity index (χ1) is 6.72. The molecule has 0 amide bonds. The summed E-state index contributed by atoms with van der Waals surface area (Å²) in [6, 6.07) is 6.32. The highest BCUT2D eigenvalue weighted by molar-refractivity contribution is 5.81. The van der Waals surface area contributed by atoms with Crippen molar-refractivity contribution in [2.24, 2.45) is 0 Å². The fraction of sp³-hybridized carbons (Fsp3) is 0.364. The van der Waals surface area contributed by atoms with Crippen LogP contribution < -0.4 is 5.73 Å². The summed E-state index contributed by atoms with van der Waals surface area (Å²) in [5.74, 6) is 0. The number of nitrogens with zero attached hydrogens (tertiary/aromatic N) is 2. The largest absolute Gasteiger partial charge is 0.399 e. The van der Waals surface area contributed by atoms with Crippen LogP contribution in [0.3, 0.4) is 0 Å². The van der Waals surface area contributed by atoms with Crippen LogP contribution >= 0.6 is 0 Å². The summed E-state index contributed by atoms with van der Waals surface area (Å²) >= 11 is 0. The second kappa shape index (κ2) is 3.33. The second-order valence-corrected chi connectivity index (χ2v) is 3.66. The van der Waals surface area contributed by atoms with Gasteiger partial charge in [0.1, 0.15) is 0 Å². The van der Waals surface area contributed by atoms with Gasteiger partial charge in [-0.3, -0.25) is 4.68 Å². The fourth-order valence-electron chi connectivity index (χ4n) is 1.58. The van der Waals surface area contributed by atoms with Gasteiger partial charge in [0.15, 0.2) is 0 Å². The lowest BCUT2D eigenvalue weighted by Crippen LogP contribution is -2.05. The summed E-state index contributed by atoms with van der Waals surface area (Å²) in [6.07, 6.45) is 2.96. The van der Waals surface area contributed by atoms with Crippen LogP contribution in [0.2, 0.25) is 0 Å². The molecule has 2 aromatic rings.